The van der Waals surface area contributed by atoms with Gasteiger partial charge in [0.05, 0.1) is 28.8 Å². The number of benzene rings is 3. The summed E-state index contributed by atoms with van der Waals surface area (Å²) in [7, 11) is 0. The van der Waals surface area contributed by atoms with Crippen LogP contribution in [0.5, 0.6) is 11.5 Å². The lowest BCUT2D eigenvalue weighted by atomic mass is 10.1. The van der Waals surface area contributed by atoms with Crippen LogP contribution in [0.25, 0.3) is 6.08 Å². The number of alkyl halides is 3. The van der Waals surface area contributed by atoms with Gasteiger partial charge in [-0.1, -0.05) is 72.5 Å². The van der Waals surface area contributed by atoms with Gasteiger partial charge in [-0.15, -0.1) is 0 Å². The SMILES string of the molecule is CCOc1cc(/C=C2\SC(=S)N([C@@H](C)c3ccccc3)C2=O)ccc1OCC(=O)Nc1ccccc1C(F)(F)F. The van der Waals surface area contributed by atoms with Crippen molar-refractivity contribution in [3.05, 3.63) is 94.4 Å². The van der Waals surface area contributed by atoms with Crippen molar-refractivity contribution in [1.29, 1.82) is 0 Å². The molecular formula is C29H25F3N2O4S2. The molecule has 208 valence electrons. The van der Waals surface area contributed by atoms with E-state index >= 15 is 0 Å². The van der Waals surface area contributed by atoms with Crippen molar-refractivity contribution in [1.82, 2.24) is 4.90 Å². The van der Waals surface area contributed by atoms with Crippen LogP contribution in [0.3, 0.4) is 0 Å². The van der Waals surface area contributed by atoms with Crippen LogP contribution in [-0.2, 0) is 15.8 Å². The van der Waals surface area contributed by atoms with Crippen LogP contribution in [0.1, 0.15) is 36.6 Å². The van der Waals surface area contributed by atoms with E-state index in [9.17, 15) is 22.8 Å². The van der Waals surface area contributed by atoms with Crippen LogP contribution in [0.4, 0.5) is 18.9 Å². The zero-order valence-corrected chi connectivity index (χ0v) is 23.2. The maximum atomic E-state index is 13.2. The van der Waals surface area contributed by atoms with Gasteiger partial charge in [0.25, 0.3) is 11.8 Å². The number of halogens is 3. The van der Waals surface area contributed by atoms with E-state index in [-0.39, 0.29) is 23.4 Å². The molecule has 0 unspecified atom stereocenters. The first-order valence-corrected chi connectivity index (χ1v) is 13.5. The highest BCUT2D eigenvalue weighted by atomic mass is 32.2. The maximum Gasteiger partial charge on any atom is 0.418 e. The quantitative estimate of drug-likeness (QED) is 0.213. The monoisotopic (exact) mass is 586 g/mol. The molecule has 1 aliphatic rings. The Morgan fingerprint density at radius 1 is 1.05 bits per heavy atom. The average Bonchev–Trinajstić information content (AvgIpc) is 3.20. The van der Waals surface area contributed by atoms with E-state index in [4.69, 9.17) is 21.7 Å². The van der Waals surface area contributed by atoms with Gasteiger partial charge in [-0.3, -0.25) is 14.5 Å². The molecule has 0 bridgehead atoms. The first kappa shape index (κ1) is 29.2. The van der Waals surface area contributed by atoms with Crippen molar-refractivity contribution in [2.24, 2.45) is 0 Å². The second-order valence-electron chi connectivity index (χ2n) is 8.66. The van der Waals surface area contributed by atoms with Gasteiger partial charge in [0.15, 0.2) is 18.1 Å². The van der Waals surface area contributed by atoms with Crippen LogP contribution in [0, 0.1) is 0 Å². The Labute approximate surface area is 239 Å². The van der Waals surface area contributed by atoms with Crippen LogP contribution in [0.15, 0.2) is 77.7 Å². The summed E-state index contributed by atoms with van der Waals surface area (Å²) in [5.41, 5.74) is 0.299. The molecule has 1 atom stereocenters. The van der Waals surface area contributed by atoms with E-state index < -0.39 is 24.3 Å². The van der Waals surface area contributed by atoms with E-state index in [1.165, 1.54) is 30.0 Å². The summed E-state index contributed by atoms with van der Waals surface area (Å²) >= 11 is 6.70. The molecule has 11 heteroatoms. The summed E-state index contributed by atoms with van der Waals surface area (Å²) in [6, 6.07) is 19.0. The molecule has 3 aromatic carbocycles. The number of thiocarbonyl (C=S) groups is 1. The number of rotatable bonds is 9. The fraction of sp³-hybridized carbons (Fsp3) is 0.207. The van der Waals surface area contributed by atoms with Crippen LogP contribution in [-0.4, -0.2) is 34.2 Å². The van der Waals surface area contributed by atoms with Crippen LogP contribution < -0.4 is 14.8 Å². The van der Waals surface area contributed by atoms with Crippen molar-refractivity contribution in [3.63, 3.8) is 0 Å². The predicted octanol–water partition coefficient (Wildman–Crippen LogP) is 7.08. The fourth-order valence-electron chi connectivity index (χ4n) is 4.02. The second kappa shape index (κ2) is 12.6. The number of amides is 2. The first-order chi connectivity index (χ1) is 19.1. The van der Waals surface area contributed by atoms with Gasteiger partial charge in [-0.25, -0.2) is 0 Å². The molecule has 4 rings (SSSR count). The Kier molecular flexibility index (Phi) is 9.16. The number of anilines is 1. The van der Waals surface area contributed by atoms with Crippen LogP contribution in [0.2, 0.25) is 0 Å². The zero-order chi connectivity index (χ0) is 28.9. The van der Waals surface area contributed by atoms with E-state index in [2.05, 4.69) is 5.32 Å². The minimum atomic E-state index is -4.61. The lowest BCUT2D eigenvalue weighted by Crippen LogP contribution is -2.30. The Morgan fingerprint density at radius 3 is 2.45 bits per heavy atom. The number of para-hydroxylation sites is 1. The highest BCUT2D eigenvalue weighted by molar-refractivity contribution is 8.26. The standard InChI is InChI=1S/C29H25F3N2O4S2/c1-3-37-24-15-19(16-25-27(36)34(28(39)40-25)18(2)20-9-5-4-6-10-20)13-14-23(24)38-17-26(35)33-22-12-8-7-11-21(22)29(30,31)32/h4-16,18H,3,17H2,1-2H3,(H,33,35)/b25-16-/t18-/m0/s1. The summed E-state index contributed by atoms with van der Waals surface area (Å²) in [5.74, 6) is -0.434. The smallest absolute Gasteiger partial charge is 0.418 e. The minimum Gasteiger partial charge on any atom is -0.490 e. The van der Waals surface area contributed by atoms with Gasteiger partial charge in [0.2, 0.25) is 0 Å². The van der Waals surface area contributed by atoms with Crippen molar-refractivity contribution in [2.75, 3.05) is 18.5 Å². The molecule has 6 nitrogen and oxygen atoms in total. The van der Waals surface area contributed by atoms with E-state index in [1.807, 2.05) is 37.3 Å². The first-order valence-electron chi connectivity index (χ1n) is 12.3. The highest BCUT2D eigenvalue weighted by Gasteiger charge is 2.36. The van der Waals surface area contributed by atoms with Gasteiger partial charge in [-0.2, -0.15) is 13.2 Å². The largest absolute Gasteiger partial charge is 0.490 e. The Bertz CT molecular complexity index is 1440. The molecule has 3 aromatic rings. The second-order valence-corrected chi connectivity index (χ2v) is 10.3. The molecule has 40 heavy (non-hydrogen) atoms. The molecule has 1 heterocycles. The van der Waals surface area contributed by atoms with Crippen LogP contribution >= 0.6 is 24.0 Å². The number of nitrogens with zero attached hydrogens (tertiary/aromatic N) is 1. The third-order valence-corrected chi connectivity index (χ3v) is 7.25. The van der Waals surface area contributed by atoms with Gasteiger partial charge in [-0.05, 0) is 55.3 Å². The molecule has 0 radical (unpaired) electrons. The summed E-state index contributed by atoms with van der Waals surface area (Å²) in [4.78, 5) is 27.6. The molecule has 1 aliphatic heterocycles. The molecule has 2 amide bonds. The maximum absolute atomic E-state index is 13.2. The Balaban J connectivity index is 1.47. The molecule has 1 saturated heterocycles. The Morgan fingerprint density at radius 2 is 1.75 bits per heavy atom. The average molecular weight is 587 g/mol. The van der Waals surface area contributed by atoms with Gasteiger partial charge >= 0.3 is 6.18 Å². The number of carbonyl (C=O) groups is 2. The number of hydrogen-bond donors (Lipinski definition) is 1. The molecular weight excluding hydrogens is 561 g/mol. The Hall–Kier alpha value is -3.83. The van der Waals surface area contributed by atoms with Crippen molar-refractivity contribution in [3.8, 4) is 11.5 Å². The lowest BCUT2D eigenvalue weighted by Gasteiger charge is -2.23. The fourth-order valence-corrected chi connectivity index (χ4v) is 5.44. The number of nitrogens with one attached hydrogen (secondary N) is 1. The molecule has 1 N–H and O–H groups in total. The third kappa shape index (κ3) is 6.83. The zero-order valence-electron chi connectivity index (χ0n) is 21.5. The van der Waals surface area contributed by atoms with E-state index in [0.717, 1.165) is 11.6 Å². The van der Waals surface area contributed by atoms with Crippen molar-refractivity contribution >= 4 is 51.9 Å². The minimum absolute atomic E-state index is 0.208. The topological polar surface area (TPSA) is 67.9 Å². The molecule has 1 fully saturated rings. The van der Waals surface area contributed by atoms with E-state index in [1.54, 1.807) is 36.1 Å². The summed E-state index contributed by atoms with van der Waals surface area (Å²) in [6.07, 6.45) is -2.92. The normalized spacial score (nSPS) is 15.3. The summed E-state index contributed by atoms with van der Waals surface area (Å²) in [5, 5.41) is 2.24. The molecule has 0 aliphatic carbocycles. The van der Waals surface area contributed by atoms with Gasteiger partial charge < -0.3 is 14.8 Å². The number of thioether (sulfide) groups is 1. The van der Waals surface area contributed by atoms with Gasteiger partial charge in [0.1, 0.15) is 4.32 Å². The summed E-state index contributed by atoms with van der Waals surface area (Å²) in [6.45, 7) is 3.44. The van der Waals surface area contributed by atoms with Crippen molar-refractivity contribution in [2.45, 2.75) is 26.1 Å². The number of carbonyl (C=O) groups excluding carboxylic acids is 2. The molecule has 0 saturated carbocycles. The number of hydrogen-bond acceptors (Lipinski definition) is 6. The third-order valence-electron chi connectivity index (χ3n) is 5.92. The molecule has 0 spiro atoms. The lowest BCUT2D eigenvalue weighted by molar-refractivity contribution is -0.137. The van der Waals surface area contributed by atoms with E-state index in [0.29, 0.717) is 27.1 Å². The summed E-state index contributed by atoms with van der Waals surface area (Å²) < 4.78 is 51.3. The van der Waals surface area contributed by atoms with Gasteiger partial charge in [0, 0.05) is 0 Å². The predicted molar refractivity (Wildman–Crippen MR) is 153 cm³/mol. The number of ether oxygens (including phenoxy) is 2. The highest BCUT2D eigenvalue weighted by Crippen LogP contribution is 2.39. The van der Waals surface area contributed by atoms with Crippen molar-refractivity contribution < 1.29 is 32.2 Å². The molecule has 0 aromatic heterocycles.